The molecule has 5 nitrogen and oxygen atoms in total. The van der Waals surface area contributed by atoms with Gasteiger partial charge in [0.25, 0.3) is 0 Å². The van der Waals surface area contributed by atoms with E-state index in [0.29, 0.717) is 12.5 Å². The fraction of sp³-hybridized carbons (Fsp3) is 0.917. The lowest BCUT2D eigenvalue weighted by Crippen LogP contribution is -2.36. The van der Waals surface area contributed by atoms with Crippen LogP contribution < -0.4 is 10.6 Å². The number of piperidine rings is 1. The highest BCUT2D eigenvalue weighted by Gasteiger charge is 2.20. The van der Waals surface area contributed by atoms with Gasteiger partial charge in [0.1, 0.15) is 5.75 Å². The van der Waals surface area contributed by atoms with Gasteiger partial charge in [0.2, 0.25) is 5.91 Å². The zero-order valence-electron chi connectivity index (χ0n) is 11.2. The van der Waals surface area contributed by atoms with Crippen LogP contribution in [0, 0.1) is 5.92 Å². The van der Waals surface area contributed by atoms with Crippen molar-refractivity contribution in [3.05, 3.63) is 0 Å². The zero-order valence-corrected chi connectivity index (χ0v) is 12.1. The van der Waals surface area contributed by atoms with Gasteiger partial charge in [-0.25, -0.2) is 8.42 Å². The number of amides is 1. The molecule has 0 aromatic heterocycles. The van der Waals surface area contributed by atoms with Crippen LogP contribution in [-0.4, -0.2) is 45.0 Å². The molecule has 1 fully saturated rings. The van der Waals surface area contributed by atoms with Crippen molar-refractivity contribution in [2.45, 2.75) is 38.4 Å². The average Bonchev–Trinajstić information content (AvgIpc) is 2.29. The van der Waals surface area contributed by atoms with Gasteiger partial charge in [-0.2, -0.15) is 0 Å². The predicted molar refractivity (Wildman–Crippen MR) is 72.1 cm³/mol. The Morgan fingerprint density at radius 3 is 2.72 bits per heavy atom. The molecule has 1 saturated heterocycles. The summed E-state index contributed by atoms with van der Waals surface area (Å²) in [6.45, 7) is 5.83. The third kappa shape index (κ3) is 5.35. The summed E-state index contributed by atoms with van der Waals surface area (Å²) in [7, 11) is -3.28. The second kappa shape index (κ2) is 7.09. The van der Waals surface area contributed by atoms with E-state index in [9.17, 15) is 13.2 Å². The third-order valence-electron chi connectivity index (χ3n) is 3.32. The quantitative estimate of drug-likeness (QED) is 0.732. The molecule has 106 valence electrons. The van der Waals surface area contributed by atoms with Crippen LogP contribution in [0.25, 0.3) is 0 Å². The van der Waals surface area contributed by atoms with Crippen molar-refractivity contribution >= 4 is 15.7 Å². The number of hydrogen-bond acceptors (Lipinski definition) is 4. The Morgan fingerprint density at radius 1 is 1.44 bits per heavy atom. The molecule has 1 aliphatic rings. The molecular weight excluding hydrogens is 252 g/mol. The van der Waals surface area contributed by atoms with E-state index in [4.69, 9.17) is 0 Å². The summed E-state index contributed by atoms with van der Waals surface area (Å²) < 4.78 is 23.1. The smallest absolute Gasteiger partial charge is 0.235 e. The molecule has 1 rings (SSSR count). The average molecular weight is 276 g/mol. The minimum Gasteiger partial charge on any atom is -0.355 e. The van der Waals surface area contributed by atoms with Gasteiger partial charge in [-0.05, 0) is 52.1 Å². The van der Waals surface area contributed by atoms with E-state index in [-0.39, 0.29) is 5.91 Å². The molecule has 0 bridgehead atoms. The Bertz CT molecular complexity index is 360. The van der Waals surface area contributed by atoms with Crippen molar-refractivity contribution in [3.8, 4) is 0 Å². The molecule has 1 aliphatic heterocycles. The first kappa shape index (κ1) is 15.4. The van der Waals surface area contributed by atoms with E-state index < -0.39 is 20.8 Å². The van der Waals surface area contributed by atoms with Crippen molar-refractivity contribution < 1.29 is 13.2 Å². The Balaban J connectivity index is 2.21. The fourth-order valence-corrected chi connectivity index (χ4v) is 2.79. The predicted octanol–water partition coefficient (Wildman–Crippen LogP) is 0.316. The lowest BCUT2D eigenvalue weighted by atomic mass is 9.96. The molecule has 0 aromatic carbocycles. The molecule has 2 N–H and O–H groups in total. The zero-order chi connectivity index (χ0) is 13.6. The summed E-state index contributed by atoms with van der Waals surface area (Å²) in [5.41, 5.74) is 0. The maximum atomic E-state index is 11.5. The molecule has 0 saturated carbocycles. The fourth-order valence-electron chi connectivity index (χ4n) is 1.99. The second-order valence-electron chi connectivity index (χ2n) is 5.21. The molecule has 1 atom stereocenters. The Labute approximate surface area is 110 Å². The summed E-state index contributed by atoms with van der Waals surface area (Å²) in [4.78, 5) is 11.5. The summed E-state index contributed by atoms with van der Waals surface area (Å²) in [5.74, 6) is -0.179. The normalized spacial score (nSPS) is 20.9. The van der Waals surface area contributed by atoms with Gasteiger partial charge in [-0.1, -0.05) is 0 Å². The van der Waals surface area contributed by atoms with Gasteiger partial charge >= 0.3 is 0 Å². The van der Waals surface area contributed by atoms with E-state index in [1.807, 2.05) is 0 Å². The summed E-state index contributed by atoms with van der Waals surface area (Å²) in [6, 6.07) is 0. The van der Waals surface area contributed by atoms with Crippen molar-refractivity contribution in [1.29, 1.82) is 0 Å². The van der Waals surface area contributed by atoms with Crippen LogP contribution in [-0.2, 0) is 14.6 Å². The van der Waals surface area contributed by atoms with E-state index in [0.717, 1.165) is 19.5 Å². The Morgan fingerprint density at radius 2 is 2.17 bits per heavy atom. The van der Waals surface area contributed by atoms with Gasteiger partial charge < -0.3 is 10.6 Å². The highest BCUT2D eigenvalue weighted by atomic mass is 32.2. The van der Waals surface area contributed by atoms with Crippen LogP contribution in [0.5, 0.6) is 0 Å². The van der Waals surface area contributed by atoms with Crippen molar-refractivity contribution in [1.82, 2.24) is 10.6 Å². The Kier molecular flexibility index (Phi) is 6.08. The molecule has 0 radical (unpaired) electrons. The molecule has 6 heteroatoms. The number of sulfone groups is 1. The van der Waals surface area contributed by atoms with E-state index in [1.54, 1.807) is 13.8 Å². The van der Waals surface area contributed by atoms with Crippen LogP contribution in [0.1, 0.15) is 33.1 Å². The molecule has 0 aromatic rings. The summed E-state index contributed by atoms with van der Waals surface area (Å²) in [5, 5.41) is 5.52. The monoisotopic (exact) mass is 276 g/mol. The molecule has 18 heavy (non-hydrogen) atoms. The standard InChI is InChI=1S/C12H24N2O3S/c1-10(2)18(16,17)9-12(15)14-7-5-11-4-3-6-13-8-11/h10-11,13H,3-9H2,1-2H3,(H,14,15). The summed E-state index contributed by atoms with van der Waals surface area (Å²) >= 11 is 0. The lowest BCUT2D eigenvalue weighted by molar-refractivity contribution is -0.118. The highest BCUT2D eigenvalue weighted by Crippen LogP contribution is 2.12. The maximum absolute atomic E-state index is 11.5. The molecule has 1 amide bonds. The van der Waals surface area contributed by atoms with Crippen molar-refractivity contribution in [2.24, 2.45) is 5.92 Å². The SMILES string of the molecule is CC(C)S(=O)(=O)CC(=O)NCCC1CCCNC1. The number of hydrogen-bond donors (Lipinski definition) is 2. The number of carbonyl (C=O) groups is 1. The van der Waals surface area contributed by atoms with E-state index >= 15 is 0 Å². The number of rotatable bonds is 6. The van der Waals surface area contributed by atoms with Gasteiger partial charge in [0.05, 0.1) is 5.25 Å². The minimum atomic E-state index is -3.28. The molecule has 0 aliphatic carbocycles. The van der Waals surface area contributed by atoms with Crippen LogP contribution in [0.15, 0.2) is 0 Å². The van der Waals surface area contributed by atoms with Crippen LogP contribution in [0.2, 0.25) is 0 Å². The molecule has 1 heterocycles. The topological polar surface area (TPSA) is 75.3 Å². The van der Waals surface area contributed by atoms with Gasteiger partial charge in [-0.15, -0.1) is 0 Å². The van der Waals surface area contributed by atoms with Crippen molar-refractivity contribution in [2.75, 3.05) is 25.4 Å². The minimum absolute atomic E-state index is 0.382. The summed E-state index contributed by atoms with van der Waals surface area (Å²) in [6.07, 6.45) is 3.29. The lowest BCUT2D eigenvalue weighted by Gasteiger charge is -2.22. The highest BCUT2D eigenvalue weighted by molar-refractivity contribution is 7.92. The number of carbonyl (C=O) groups excluding carboxylic acids is 1. The van der Waals surface area contributed by atoms with E-state index in [2.05, 4.69) is 10.6 Å². The van der Waals surface area contributed by atoms with Crippen LogP contribution in [0.3, 0.4) is 0 Å². The van der Waals surface area contributed by atoms with Crippen LogP contribution >= 0.6 is 0 Å². The molecule has 1 unspecified atom stereocenters. The first-order valence-corrected chi connectivity index (χ1v) is 8.32. The maximum Gasteiger partial charge on any atom is 0.235 e. The van der Waals surface area contributed by atoms with Gasteiger partial charge in [0.15, 0.2) is 9.84 Å². The first-order chi connectivity index (χ1) is 8.42. The third-order valence-corrected chi connectivity index (χ3v) is 5.43. The second-order valence-corrected chi connectivity index (χ2v) is 7.76. The molecule has 0 spiro atoms. The van der Waals surface area contributed by atoms with Crippen LogP contribution in [0.4, 0.5) is 0 Å². The van der Waals surface area contributed by atoms with Gasteiger partial charge in [0, 0.05) is 6.54 Å². The van der Waals surface area contributed by atoms with Crippen molar-refractivity contribution in [3.63, 3.8) is 0 Å². The first-order valence-electron chi connectivity index (χ1n) is 6.61. The number of nitrogens with one attached hydrogen (secondary N) is 2. The Hall–Kier alpha value is -0.620. The van der Waals surface area contributed by atoms with Gasteiger partial charge in [-0.3, -0.25) is 4.79 Å². The molecular formula is C12H24N2O3S. The van der Waals surface area contributed by atoms with E-state index in [1.165, 1.54) is 12.8 Å². The largest absolute Gasteiger partial charge is 0.355 e.